The van der Waals surface area contributed by atoms with Crippen molar-refractivity contribution in [3.63, 3.8) is 0 Å². The van der Waals surface area contributed by atoms with Crippen LogP contribution in [0.3, 0.4) is 0 Å². The Bertz CT molecular complexity index is 592. The first-order chi connectivity index (χ1) is 9.27. The van der Waals surface area contributed by atoms with Crippen molar-refractivity contribution in [3.05, 3.63) is 23.8 Å². The van der Waals surface area contributed by atoms with Gasteiger partial charge in [-0.25, -0.2) is 4.98 Å². The highest BCUT2D eigenvalue weighted by Crippen LogP contribution is 2.34. The van der Waals surface area contributed by atoms with Gasteiger partial charge in [0, 0.05) is 20.1 Å². The van der Waals surface area contributed by atoms with Crippen LogP contribution in [0.15, 0.2) is 18.2 Å². The predicted octanol–water partition coefficient (Wildman–Crippen LogP) is 3.31. The summed E-state index contributed by atoms with van der Waals surface area (Å²) in [6.07, 6.45) is -4.32. The molecule has 2 aromatic rings. The van der Waals surface area contributed by atoms with Crippen LogP contribution in [0.5, 0.6) is 0 Å². The van der Waals surface area contributed by atoms with Crippen LogP contribution in [0, 0.1) is 0 Å². The Morgan fingerprint density at radius 1 is 1.15 bits per heavy atom. The number of hydrogen-bond donors (Lipinski definition) is 0. The van der Waals surface area contributed by atoms with E-state index >= 15 is 0 Å². The van der Waals surface area contributed by atoms with Gasteiger partial charge in [-0.1, -0.05) is 11.3 Å². The van der Waals surface area contributed by atoms with Crippen LogP contribution in [0.2, 0.25) is 0 Å². The van der Waals surface area contributed by atoms with E-state index in [-0.39, 0.29) is 0 Å². The first kappa shape index (κ1) is 15.1. The molecule has 110 valence electrons. The monoisotopic (exact) mass is 303 g/mol. The van der Waals surface area contributed by atoms with Crippen molar-refractivity contribution in [3.8, 4) is 0 Å². The fraction of sp³-hybridized carbons (Fsp3) is 0.462. The van der Waals surface area contributed by atoms with Crippen LogP contribution >= 0.6 is 11.3 Å². The topological polar surface area (TPSA) is 19.4 Å². The second kappa shape index (κ2) is 5.57. The summed E-state index contributed by atoms with van der Waals surface area (Å²) in [6.45, 7) is 1.64. The van der Waals surface area contributed by atoms with Crippen molar-refractivity contribution < 1.29 is 13.2 Å². The summed E-state index contributed by atoms with van der Waals surface area (Å²) in [5, 5.41) is 0.737. The van der Waals surface area contributed by atoms with Crippen molar-refractivity contribution in [1.82, 2.24) is 9.88 Å². The molecule has 0 aliphatic heterocycles. The van der Waals surface area contributed by atoms with Gasteiger partial charge in [-0.3, -0.25) is 0 Å². The fourth-order valence-electron chi connectivity index (χ4n) is 1.70. The van der Waals surface area contributed by atoms with Crippen molar-refractivity contribution in [2.45, 2.75) is 6.18 Å². The molecule has 0 unspecified atom stereocenters. The van der Waals surface area contributed by atoms with Crippen LogP contribution < -0.4 is 4.90 Å². The number of thiazole rings is 1. The van der Waals surface area contributed by atoms with E-state index in [0.29, 0.717) is 5.52 Å². The van der Waals surface area contributed by atoms with Gasteiger partial charge in [0.25, 0.3) is 0 Å². The Balaban J connectivity index is 2.25. The van der Waals surface area contributed by atoms with Crippen molar-refractivity contribution in [2.24, 2.45) is 0 Å². The van der Waals surface area contributed by atoms with Crippen molar-refractivity contribution in [1.29, 1.82) is 0 Å². The van der Waals surface area contributed by atoms with E-state index < -0.39 is 11.7 Å². The van der Waals surface area contributed by atoms with Gasteiger partial charge in [-0.2, -0.15) is 13.2 Å². The third-order valence-corrected chi connectivity index (χ3v) is 4.06. The number of rotatable bonds is 4. The third kappa shape index (κ3) is 3.40. The van der Waals surface area contributed by atoms with Crippen LogP contribution in [-0.4, -0.2) is 44.1 Å². The molecule has 0 radical (unpaired) electrons. The largest absolute Gasteiger partial charge is 0.416 e. The minimum absolute atomic E-state index is 0.400. The number of aromatic nitrogens is 1. The summed E-state index contributed by atoms with van der Waals surface area (Å²) in [5.41, 5.74) is -0.255. The lowest BCUT2D eigenvalue weighted by atomic mass is 10.2. The Hall–Kier alpha value is -1.34. The number of hydrogen-bond acceptors (Lipinski definition) is 4. The summed E-state index contributed by atoms with van der Waals surface area (Å²) >= 11 is 1.41. The number of nitrogens with zero attached hydrogens (tertiary/aromatic N) is 3. The number of likely N-dealkylation sites (N-methyl/N-ethyl adjacent to an activating group) is 2. The standard InChI is InChI=1S/C13H16F3N3S/c1-18(2)6-7-19(3)12-17-10-8-9(13(14,15)16)4-5-11(10)20-12/h4-5,8H,6-7H2,1-3H3. The molecule has 2 rings (SSSR count). The minimum atomic E-state index is -4.32. The summed E-state index contributed by atoms with van der Waals surface area (Å²) in [7, 11) is 5.84. The predicted molar refractivity (Wildman–Crippen MR) is 76.4 cm³/mol. The maximum absolute atomic E-state index is 12.7. The number of alkyl halides is 3. The fourth-order valence-corrected chi connectivity index (χ4v) is 2.63. The molecule has 1 aromatic carbocycles. The van der Waals surface area contributed by atoms with E-state index in [2.05, 4.69) is 4.98 Å². The number of halogens is 3. The third-order valence-electron chi connectivity index (χ3n) is 2.91. The average molecular weight is 303 g/mol. The van der Waals surface area contributed by atoms with Crippen LogP contribution in [0.1, 0.15) is 5.56 Å². The number of fused-ring (bicyclic) bond motifs is 1. The highest BCUT2D eigenvalue weighted by Gasteiger charge is 2.30. The Morgan fingerprint density at radius 2 is 1.85 bits per heavy atom. The molecule has 20 heavy (non-hydrogen) atoms. The Kier molecular flexibility index (Phi) is 4.19. The highest BCUT2D eigenvalue weighted by molar-refractivity contribution is 7.22. The zero-order chi connectivity index (χ0) is 14.9. The van der Waals surface area contributed by atoms with Crippen LogP contribution in [0.4, 0.5) is 18.3 Å². The van der Waals surface area contributed by atoms with Crippen LogP contribution in [-0.2, 0) is 6.18 Å². The molecule has 0 saturated carbocycles. The Labute approximate surface area is 119 Å². The summed E-state index contributed by atoms with van der Waals surface area (Å²) in [6, 6.07) is 3.69. The molecule has 0 atom stereocenters. The van der Waals surface area contributed by atoms with Gasteiger partial charge in [0.1, 0.15) is 0 Å². The van der Waals surface area contributed by atoms with Gasteiger partial charge >= 0.3 is 6.18 Å². The molecule has 0 aliphatic rings. The van der Waals surface area contributed by atoms with Gasteiger partial charge < -0.3 is 9.80 Å². The molecule has 7 heteroatoms. The quantitative estimate of drug-likeness (QED) is 0.864. The van der Waals surface area contributed by atoms with Crippen molar-refractivity contribution in [2.75, 3.05) is 39.1 Å². The van der Waals surface area contributed by atoms with Gasteiger partial charge in [-0.15, -0.1) is 0 Å². The van der Waals surface area contributed by atoms with E-state index in [4.69, 9.17) is 0 Å². The molecule has 1 heterocycles. The second-order valence-electron chi connectivity index (χ2n) is 4.90. The minimum Gasteiger partial charge on any atom is -0.350 e. The lowest BCUT2D eigenvalue weighted by molar-refractivity contribution is -0.137. The highest BCUT2D eigenvalue weighted by atomic mass is 32.1. The van der Waals surface area contributed by atoms with E-state index in [1.807, 2.05) is 30.9 Å². The first-order valence-electron chi connectivity index (χ1n) is 6.11. The zero-order valence-electron chi connectivity index (χ0n) is 11.5. The normalized spacial score (nSPS) is 12.3. The molecule has 0 fully saturated rings. The maximum atomic E-state index is 12.7. The zero-order valence-corrected chi connectivity index (χ0v) is 12.3. The second-order valence-corrected chi connectivity index (χ2v) is 5.91. The summed E-state index contributed by atoms with van der Waals surface area (Å²) in [5.74, 6) is 0. The molecule has 0 bridgehead atoms. The molecule has 0 saturated heterocycles. The Morgan fingerprint density at radius 3 is 2.45 bits per heavy atom. The molecule has 0 N–H and O–H groups in total. The van der Waals surface area contributed by atoms with E-state index in [9.17, 15) is 13.2 Å². The molecule has 0 aliphatic carbocycles. The molecule has 0 amide bonds. The SMILES string of the molecule is CN(C)CCN(C)c1nc2cc(C(F)(F)F)ccc2s1. The van der Waals surface area contributed by atoms with E-state index in [1.54, 1.807) is 0 Å². The van der Waals surface area contributed by atoms with Gasteiger partial charge in [0.2, 0.25) is 0 Å². The average Bonchev–Trinajstić information content (AvgIpc) is 2.77. The number of anilines is 1. The van der Waals surface area contributed by atoms with E-state index in [1.165, 1.54) is 17.4 Å². The molecular formula is C13H16F3N3S. The van der Waals surface area contributed by atoms with Gasteiger partial charge in [-0.05, 0) is 32.3 Å². The lowest BCUT2D eigenvalue weighted by Gasteiger charge is -2.18. The van der Waals surface area contributed by atoms with Gasteiger partial charge in [0.15, 0.2) is 5.13 Å². The summed E-state index contributed by atoms with van der Waals surface area (Å²) in [4.78, 5) is 8.29. The molecule has 1 aromatic heterocycles. The van der Waals surface area contributed by atoms with Crippen LogP contribution in [0.25, 0.3) is 10.2 Å². The smallest absolute Gasteiger partial charge is 0.350 e. The molecular weight excluding hydrogens is 287 g/mol. The maximum Gasteiger partial charge on any atom is 0.416 e. The number of benzene rings is 1. The lowest BCUT2D eigenvalue weighted by Crippen LogP contribution is -2.28. The summed E-state index contributed by atoms with van der Waals surface area (Å²) < 4.78 is 38.7. The van der Waals surface area contributed by atoms with E-state index in [0.717, 1.165) is 35.1 Å². The first-order valence-corrected chi connectivity index (χ1v) is 6.92. The molecule has 0 spiro atoms. The van der Waals surface area contributed by atoms with Crippen molar-refractivity contribution >= 4 is 26.7 Å². The van der Waals surface area contributed by atoms with Gasteiger partial charge in [0.05, 0.1) is 15.8 Å². The molecule has 3 nitrogen and oxygen atoms in total.